The number of hydrogen-bond acceptors (Lipinski definition) is 4. The van der Waals surface area contributed by atoms with Gasteiger partial charge in [0, 0.05) is 18.2 Å². The van der Waals surface area contributed by atoms with Crippen molar-refractivity contribution in [3.05, 3.63) is 36.0 Å². The Morgan fingerprint density at radius 2 is 2.14 bits per heavy atom. The van der Waals surface area contributed by atoms with Crippen LogP contribution >= 0.6 is 0 Å². The highest BCUT2D eigenvalue weighted by Gasteiger charge is 2.33. The Morgan fingerprint density at radius 1 is 1.41 bits per heavy atom. The number of aliphatic hydroxyl groups excluding tert-OH is 1. The van der Waals surface area contributed by atoms with E-state index in [1.807, 2.05) is 24.3 Å². The fraction of sp³-hybridized carbons (Fsp3) is 0.375. The number of carbonyl (C=O) groups is 1. The van der Waals surface area contributed by atoms with Crippen molar-refractivity contribution in [1.29, 1.82) is 0 Å². The summed E-state index contributed by atoms with van der Waals surface area (Å²) in [4.78, 5) is 14.2. The average molecular weight is 301 g/mol. The van der Waals surface area contributed by atoms with E-state index in [1.54, 1.807) is 18.1 Å². The van der Waals surface area contributed by atoms with Crippen LogP contribution in [0.15, 0.2) is 30.3 Å². The number of rotatable bonds is 6. The summed E-state index contributed by atoms with van der Waals surface area (Å²) in [5, 5.41) is 16.1. The first-order valence-electron chi connectivity index (χ1n) is 7.34. The van der Waals surface area contributed by atoms with Crippen LogP contribution in [0, 0.1) is 0 Å². The lowest BCUT2D eigenvalue weighted by Gasteiger charge is -2.20. The molecule has 1 aliphatic rings. The second-order valence-electron chi connectivity index (χ2n) is 5.35. The molecule has 0 radical (unpaired) electrons. The molecule has 22 heavy (non-hydrogen) atoms. The highest BCUT2D eigenvalue weighted by Crippen LogP contribution is 2.28. The number of nitrogens with zero attached hydrogens (tertiary/aromatic N) is 2. The molecule has 1 heterocycles. The maximum Gasteiger partial charge on any atom is 0.272 e. The molecule has 0 unspecified atom stereocenters. The van der Waals surface area contributed by atoms with Crippen LogP contribution in [0.3, 0.4) is 0 Å². The topological polar surface area (TPSA) is 78.5 Å². The van der Waals surface area contributed by atoms with Crippen molar-refractivity contribution >= 4 is 5.91 Å². The molecular formula is C16H19N3O3. The number of carbonyl (C=O) groups excluding carboxylic acids is 1. The van der Waals surface area contributed by atoms with Crippen molar-refractivity contribution in [1.82, 2.24) is 15.1 Å². The van der Waals surface area contributed by atoms with E-state index in [0.29, 0.717) is 17.9 Å². The zero-order chi connectivity index (χ0) is 15.5. The molecule has 1 amide bonds. The van der Waals surface area contributed by atoms with Crippen molar-refractivity contribution in [3.63, 3.8) is 0 Å². The van der Waals surface area contributed by atoms with Gasteiger partial charge in [-0.1, -0.05) is 0 Å². The molecule has 0 spiro atoms. The van der Waals surface area contributed by atoms with Gasteiger partial charge in [0.05, 0.1) is 19.4 Å². The second kappa shape index (κ2) is 6.19. The van der Waals surface area contributed by atoms with Crippen molar-refractivity contribution in [2.45, 2.75) is 18.9 Å². The minimum Gasteiger partial charge on any atom is -0.497 e. The van der Waals surface area contributed by atoms with E-state index in [4.69, 9.17) is 9.84 Å². The highest BCUT2D eigenvalue weighted by molar-refractivity contribution is 5.93. The summed E-state index contributed by atoms with van der Waals surface area (Å²) < 4.78 is 5.13. The van der Waals surface area contributed by atoms with Crippen LogP contribution in [0.5, 0.6) is 5.75 Å². The summed E-state index contributed by atoms with van der Waals surface area (Å²) in [6.07, 6.45) is 2.01. The number of aromatic nitrogens is 2. The van der Waals surface area contributed by atoms with Gasteiger partial charge in [0.1, 0.15) is 11.4 Å². The van der Waals surface area contributed by atoms with E-state index in [-0.39, 0.29) is 18.6 Å². The van der Waals surface area contributed by atoms with Gasteiger partial charge in [-0.15, -0.1) is 0 Å². The third kappa shape index (κ3) is 2.96. The molecule has 116 valence electrons. The molecule has 6 heteroatoms. The van der Waals surface area contributed by atoms with E-state index in [9.17, 15) is 4.79 Å². The Balaban J connectivity index is 1.78. The number of methoxy groups -OCH3 is 1. The van der Waals surface area contributed by atoms with Crippen molar-refractivity contribution in [3.8, 4) is 17.0 Å². The normalized spacial score (nSPS) is 13.9. The molecule has 1 fully saturated rings. The second-order valence-corrected chi connectivity index (χ2v) is 5.35. The van der Waals surface area contributed by atoms with Gasteiger partial charge in [-0.2, -0.15) is 5.10 Å². The minimum atomic E-state index is -0.108. The van der Waals surface area contributed by atoms with Gasteiger partial charge in [-0.3, -0.25) is 9.89 Å². The largest absolute Gasteiger partial charge is 0.497 e. The Kier molecular flexibility index (Phi) is 4.11. The lowest BCUT2D eigenvalue weighted by Crippen LogP contribution is -2.35. The van der Waals surface area contributed by atoms with Gasteiger partial charge in [0.2, 0.25) is 0 Å². The first-order chi connectivity index (χ1) is 10.7. The van der Waals surface area contributed by atoms with Crippen LogP contribution in [-0.2, 0) is 0 Å². The quantitative estimate of drug-likeness (QED) is 0.851. The maximum atomic E-state index is 12.5. The Hall–Kier alpha value is -2.34. The van der Waals surface area contributed by atoms with Gasteiger partial charge in [-0.25, -0.2) is 0 Å². The van der Waals surface area contributed by atoms with Crippen LogP contribution in [-0.4, -0.2) is 52.4 Å². The number of amides is 1. The number of H-pyrrole nitrogens is 1. The summed E-state index contributed by atoms with van der Waals surface area (Å²) in [6.45, 7) is 0.335. The first kappa shape index (κ1) is 14.6. The number of nitrogens with one attached hydrogen (secondary N) is 1. The van der Waals surface area contributed by atoms with Gasteiger partial charge < -0.3 is 14.7 Å². The van der Waals surface area contributed by atoms with E-state index >= 15 is 0 Å². The molecule has 2 aromatic rings. The Labute approximate surface area is 128 Å². The predicted octanol–water partition coefficient (Wildman–Crippen LogP) is 1.68. The number of hydrogen-bond donors (Lipinski definition) is 2. The van der Waals surface area contributed by atoms with E-state index in [2.05, 4.69) is 10.2 Å². The zero-order valence-electron chi connectivity index (χ0n) is 12.5. The van der Waals surface area contributed by atoms with Crippen molar-refractivity contribution in [2.24, 2.45) is 0 Å². The monoisotopic (exact) mass is 301 g/mol. The fourth-order valence-electron chi connectivity index (χ4n) is 2.44. The summed E-state index contributed by atoms with van der Waals surface area (Å²) in [7, 11) is 1.62. The van der Waals surface area contributed by atoms with Gasteiger partial charge in [0.25, 0.3) is 5.91 Å². The summed E-state index contributed by atoms with van der Waals surface area (Å²) in [5.74, 6) is 0.669. The van der Waals surface area contributed by atoms with Crippen LogP contribution in [0.4, 0.5) is 0 Å². The lowest BCUT2D eigenvalue weighted by atomic mass is 10.1. The third-order valence-corrected chi connectivity index (χ3v) is 3.78. The third-order valence-electron chi connectivity index (χ3n) is 3.78. The van der Waals surface area contributed by atoms with Gasteiger partial charge >= 0.3 is 0 Å². The number of ether oxygens (including phenoxy) is 1. The van der Waals surface area contributed by atoms with Crippen LogP contribution in [0.25, 0.3) is 11.3 Å². The molecule has 1 aromatic heterocycles. The summed E-state index contributed by atoms with van der Waals surface area (Å²) in [5.41, 5.74) is 2.08. The molecule has 0 aliphatic heterocycles. The molecule has 1 saturated carbocycles. The van der Waals surface area contributed by atoms with E-state index in [1.165, 1.54) is 0 Å². The number of aromatic amines is 1. The Morgan fingerprint density at radius 3 is 2.73 bits per heavy atom. The highest BCUT2D eigenvalue weighted by atomic mass is 16.5. The van der Waals surface area contributed by atoms with Crippen molar-refractivity contribution in [2.75, 3.05) is 20.3 Å². The maximum absolute atomic E-state index is 12.5. The van der Waals surface area contributed by atoms with E-state index in [0.717, 1.165) is 24.2 Å². The molecule has 2 N–H and O–H groups in total. The molecule has 0 saturated heterocycles. The molecule has 1 aliphatic carbocycles. The first-order valence-corrected chi connectivity index (χ1v) is 7.34. The van der Waals surface area contributed by atoms with Crippen LogP contribution in [0.1, 0.15) is 23.3 Å². The zero-order valence-corrected chi connectivity index (χ0v) is 12.5. The van der Waals surface area contributed by atoms with Crippen molar-refractivity contribution < 1.29 is 14.6 Å². The molecule has 0 atom stereocenters. The number of benzene rings is 1. The molecule has 0 bridgehead atoms. The molecule has 6 nitrogen and oxygen atoms in total. The molecule has 3 rings (SSSR count). The summed E-state index contributed by atoms with van der Waals surface area (Å²) in [6, 6.07) is 9.51. The predicted molar refractivity (Wildman–Crippen MR) is 81.7 cm³/mol. The number of aliphatic hydroxyl groups is 1. The average Bonchev–Trinajstić information content (AvgIpc) is 3.28. The Bertz CT molecular complexity index is 647. The van der Waals surface area contributed by atoms with Gasteiger partial charge in [-0.05, 0) is 43.2 Å². The lowest BCUT2D eigenvalue weighted by molar-refractivity contribution is 0.0701. The SMILES string of the molecule is COc1ccc(-c2cc(C(=O)N(CCO)C3CC3)[nH]n2)cc1. The standard InChI is InChI=1S/C16H19N3O3/c1-22-13-6-2-11(3-7-13)14-10-15(18-17-14)16(21)19(8-9-20)12-4-5-12/h2-3,6-7,10,12,20H,4-5,8-9H2,1H3,(H,17,18). The smallest absolute Gasteiger partial charge is 0.272 e. The minimum absolute atomic E-state index is 0.0261. The summed E-state index contributed by atoms with van der Waals surface area (Å²) >= 11 is 0. The molecule has 1 aromatic carbocycles. The molecular weight excluding hydrogens is 282 g/mol. The van der Waals surface area contributed by atoms with Gasteiger partial charge in [0.15, 0.2) is 0 Å². The van der Waals surface area contributed by atoms with Crippen LogP contribution in [0.2, 0.25) is 0 Å². The fourth-order valence-corrected chi connectivity index (χ4v) is 2.44. The van der Waals surface area contributed by atoms with Crippen LogP contribution < -0.4 is 4.74 Å². The van der Waals surface area contributed by atoms with E-state index < -0.39 is 0 Å².